The van der Waals surface area contributed by atoms with E-state index in [4.69, 9.17) is 10.2 Å². The molecule has 1 heterocycles. The third-order valence-corrected chi connectivity index (χ3v) is 4.29. The zero-order valence-corrected chi connectivity index (χ0v) is 14.4. The van der Waals surface area contributed by atoms with Gasteiger partial charge < -0.3 is 20.2 Å². The number of hydrogen-bond donors (Lipinski definition) is 3. The molecule has 1 fully saturated rings. The SMILES string of the molecule is CCN1CCN(CO)CCN(CC(=O)O)CCN(CC(=O)O)CC1. The molecule has 0 saturated carbocycles. The number of aliphatic hydroxyl groups is 1. The van der Waals surface area contributed by atoms with Gasteiger partial charge >= 0.3 is 11.9 Å². The highest BCUT2D eigenvalue weighted by atomic mass is 16.4. The maximum atomic E-state index is 11.0. The number of carbonyl (C=O) groups is 2. The second-order valence-corrected chi connectivity index (χ2v) is 6.03. The van der Waals surface area contributed by atoms with E-state index >= 15 is 0 Å². The van der Waals surface area contributed by atoms with Gasteiger partial charge in [-0.1, -0.05) is 6.92 Å². The smallest absolute Gasteiger partial charge is 0.317 e. The van der Waals surface area contributed by atoms with E-state index in [2.05, 4.69) is 11.8 Å². The molecule has 0 amide bonds. The molecule has 1 rings (SSSR count). The second-order valence-electron chi connectivity index (χ2n) is 6.03. The van der Waals surface area contributed by atoms with E-state index in [1.807, 2.05) is 9.80 Å². The maximum Gasteiger partial charge on any atom is 0.317 e. The van der Waals surface area contributed by atoms with E-state index in [0.29, 0.717) is 39.3 Å². The number of aliphatic carboxylic acids is 2. The molecule has 0 aromatic heterocycles. The van der Waals surface area contributed by atoms with Crippen molar-refractivity contribution >= 4 is 11.9 Å². The third-order valence-electron chi connectivity index (χ3n) is 4.29. The van der Waals surface area contributed by atoms with Gasteiger partial charge in [-0.15, -0.1) is 0 Å². The Morgan fingerprint density at radius 1 is 0.708 bits per heavy atom. The van der Waals surface area contributed by atoms with Crippen LogP contribution in [0.3, 0.4) is 0 Å². The van der Waals surface area contributed by atoms with Crippen LogP contribution < -0.4 is 0 Å². The third kappa shape index (κ3) is 8.55. The van der Waals surface area contributed by atoms with Crippen molar-refractivity contribution in [3.8, 4) is 0 Å². The molecule has 0 atom stereocenters. The molecule has 0 aromatic rings. The molecule has 0 bridgehead atoms. The quantitative estimate of drug-likeness (QED) is 0.521. The molecule has 1 aliphatic heterocycles. The summed E-state index contributed by atoms with van der Waals surface area (Å²) in [6.45, 7) is 7.73. The number of rotatable bonds is 6. The van der Waals surface area contributed by atoms with Crippen LogP contribution in [-0.4, -0.2) is 126 Å². The molecule has 1 aliphatic rings. The molecular formula is C15H30N4O5. The van der Waals surface area contributed by atoms with Gasteiger partial charge in [-0.05, 0) is 6.54 Å². The lowest BCUT2D eigenvalue weighted by Crippen LogP contribution is -2.47. The van der Waals surface area contributed by atoms with Gasteiger partial charge in [-0.3, -0.25) is 24.3 Å². The van der Waals surface area contributed by atoms with Crippen molar-refractivity contribution in [2.75, 3.05) is 78.7 Å². The Labute approximate surface area is 143 Å². The first kappa shape index (κ1) is 20.8. The number of nitrogens with zero attached hydrogens (tertiary/aromatic N) is 4. The van der Waals surface area contributed by atoms with Crippen LogP contribution in [0, 0.1) is 0 Å². The van der Waals surface area contributed by atoms with Crippen LogP contribution in [0.1, 0.15) is 6.92 Å². The van der Waals surface area contributed by atoms with Crippen LogP contribution in [0.2, 0.25) is 0 Å². The minimum atomic E-state index is -0.903. The Morgan fingerprint density at radius 2 is 1.04 bits per heavy atom. The molecule has 9 heteroatoms. The molecule has 3 N–H and O–H groups in total. The van der Waals surface area contributed by atoms with Crippen molar-refractivity contribution in [2.45, 2.75) is 6.92 Å². The Kier molecular flexibility index (Phi) is 9.80. The van der Waals surface area contributed by atoms with Gasteiger partial charge in [-0.25, -0.2) is 0 Å². The lowest BCUT2D eigenvalue weighted by molar-refractivity contribution is -0.140. The van der Waals surface area contributed by atoms with Crippen LogP contribution in [0.25, 0.3) is 0 Å². The Hall–Kier alpha value is -1.26. The summed E-state index contributed by atoms with van der Waals surface area (Å²) in [6.07, 6.45) is 0. The molecular weight excluding hydrogens is 316 g/mol. The van der Waals surface area contributed by atoms with Crippen LogP contribution in [-0.2, 0) is 9.59 Å². The molecule has 0 aliphatic carbocycles. The van der Waals surface area contributed by atoms with Gasteiger partial charge in [0, 0.05) is 52.4 Å². The zero-order chi connectivity index (χ0) is 17.9. The van der Waals surface area contributed by atoms with Gasteiger partial charge in [0.15, 0.2) is 0 Å². The van der Waals surface area contributed by atoms with Gasteiger partial charge in [0.05, 0.1) is 19.8 Å². The Balaban J connectivity index is 2.75. The van der Waals surface area contributed by atoms with Gasteiger partial charge in [0.2, 0.25) is 0 Å². The molecule has 140 valence electrons. The summed E-state index contributed by atoms with van der Waals surface area (Å²) in [5, 5.41) is 27.6. The first-order valence-corrected chi connectivity index (χ1v) is 8.38. The normalized spacial score (nSPS) is 21.1. The lowest BCUT2D eigenvalue weighted by Gasteiger charge is -2.32. The average molecular weight is 346 g/mol. The minimum Gasteiger partial charge on any atom is -0.480 e. The number of aliphatic hydroxyl groups excluding tert-OH is 1. The van der Waals surface area contributed by atoms with Gasteiger partial charge in [-0.2, -0.15) is 0 Å². The first-order chi connectivity index (χ1) is 11.4. The summed E-state index contributed by atoms with van der Waals surface area (Å²) < 4.78 is 0. The van der Waals surface area contributed by atoms with Gasteiger partial charge in [0.1, 0.15) is 0 Å². The fourth-order valence-corrected chi connectivity index (χ4v) is 2.74. The minimum absolute atomic E-state index is 0.0404. The lowest BCUT2D eigenvalue weighted by atomic mass is 10.3. The van der Waals surface area contributed by atoms with Crippen molar-refractivity contribution in [3.05, 3.63) is 0 Å². The Morgan fingerprint density at radius 3 is 1.33 bits per heavy atom. The van der Waals surface area contributed by atoms with Crippen LogP contribution in [0.5, 0.6) is 0 Å². The molecule has 9 nitrogen and oxygen atoms in total. The van der Waals surface area contributed by atoms with Crippen LogP contribution >= 0.6 is 0 Å². The largest absolute Gasteiger partial charge is 0.480 e. The Bertz CT molecular complexity index is 360. The highest BCUT2D eigenvalue weighted by Crippen LogP contribution is 2.00. The van der Waals surface area contributed by atoms with Crippen molar-refractivity contribution in [1.82, 2.24) is 19.6 Å². The average Bonchev–Trinajstić information content (AvgIpc) is 2.52. The molecule has 0 radical (unpaired) electrons. The molecule has 0 aromatic carbocycles. The van der Waals surface area contributed by atoms with Crippen molar-refractivity contribution < 1.29 is 24.9 Å². The van der Waals surface area contributed by atoms with Crippen LogP contribution in [0.15, 0.2) is 0 Å². The second kappa shape index (κ2) is 11.3. The number of carboxylic acid groups (broad SMARTS) is 2. The highest BCUT2D eigenvalue weighted by Gasteiger charge is 2.18. The predicted molar refractivity (Wildman–Crippen MR) is 88.9 cm³/mol. The van der Waals surface area contributed by atoms with E-state index in [1.54, 1.807) is 4.90 Å². The van der Waals surface area contributed by atoms with E-state index in [1.165, 1.54) is 0 Å². The van der Waals surface area contributed by atoms with E-state index in [0.717, 1.165) is 19.6 Å². The van der Waals surface area contributed by atoms with E-state index in [9.17, 15) is 14.7 Å². The summed E-state index contributed by atoms with van der Waals surface area (Å²) in [7, 11) is 0. The number of carboxylic acids is 2. The monoisotopic (exact) mass is 346 g/mol. The summed E-state index contributed by atoms with van der Waals surface area (Å²) in [5.74, 6) is -1.78. The molecule has 0 spiro atoms. The maximum absolute atomic E-state index is 11.0. The summed E-state index contributed by atoms with van der Waals surface area (Å²) >= 11 is 0. The molecule has 24 heavy (non-hydrogen) atoms. The predicted octanol–water partition coefficient (Wildman–Crippen LogP) is -1.65. The number of likely N-dealkylation sites (N-methyl/N-ethyl adjacent to an activating group) is 1. The zero-order valence-electron chi connectivity index (χ0n) is 14.4. The van der Waals surface area contributed by atoms with Crippen molar-refractivity contribution in [3.63, 3.8) is 0 Å². The molecule has 0 unspecified atom stereocenters. The van der Waals surface area contributed by atoms with E-state index in [-0.39, 0.29) is 19.8 Å². The summed E-state index contributed by atoms with van der Waals surface area (Å²) in [4.78, 5) is 29.8. The summed E-state index contributed by atoms with van der Waals surface area (Å²) in [6, 6.07) is 0. The van der Waals surface area contributed by atoms with Crippen LogP contribution in [0.4, 0.5) is 0 Å². The highest BCUT2D eigenvalue weighted by molar-refractivity contribution is 5.69. The first-order valence-electron chi connectivity index (χ1n) is 8.38. The van der Waals surface area contributed by atoms with Gasteiger partial charge in [0.25, 0.3) is 0 Å². The fourth-order valence-electron chi connectivity index (χ4n) is 2.74. The molecule has 1 saturated heterocycles. The van der Waals surface area contributed by atoms with Crippen molar-refractivity contribution in [2.24, 2.45) is 0 Å². The topological polar surface area (TPSA) is 108 Å². The fraction of sp³-hybridized carbons (Fsp3) is 0.867. The van der Waals surface area contributed by atoms with E-state index < -0.39 is 11.9 Å². The number of hydrogen-bond acceptors (Lipinski definition) is 7. The summed E-state index contributed by atoms with van der Waals surface area (Å²) in [5.41, 5.74) is 0. The standard InChI is InChI=1S/C15H30N4O5/c1-2-16-3-5-17(11-14(21)22)6-7-18(12-15(23)24)8-10-19(13-20)9-4-16/h20H,2-13H2,1H3,(H,21,22)(H,23,24). The van der Waals surface area contributed by atoms with Crippen molar-refractivity contribution in [1.29, 1.82) is 0 Å².